The van der Waals surface area contributed by atoms with Crippen LogP contribution in [0.15, 0.2) is 60.7 Å². The Morgan fingerprint density at radius 2 is 1.64 bits per heavy atom. The molecule has 2 rings (SSSR count). The van der Waals surface area contributed by atoms with Crippen molar-refractivity contribution in [1.29, 1.82) is 0 Å². The van der Waals surface area contributed by atoms with Crippen molar-refractivity contribution in [2.24, 2.45) is 0 Å². The van der Waals surface area contributed by atoms with Crippen molar-refractivity contribution in [2.75, 3.05) is 13.7 Å². The Labute approximate surface area is 198 Å². The first-order chi connectivity index (χ1) is 15.6. The molecule has 178 valence electrons. The minimum atomic E-state index is -0.463. The molecule has 0 saturated carbocycles. The van der Waals surface area contributed by atoms with E-state index in [0.29, 0.717) is 23.4 Å². The van der Waals surface area contributed by atoms with Gasteiger partial charge in [0.25, 0.3) is 0 Å². The number of carbonyl (C=O) groups is 2. The summed E-state index contributed by atoms with van der Waals surface area (Å²) < 4.78 is 10.6. The maximum atomic E-state index is 12.4. The molecule has 0 bridgehead atoms. The molecule has 0 N–H and O–H groups in total. The zero-order chi connectivity index (χ0) is 24.5. The van der Waals surface area contributed by atoms with E-state index in [1.54, 1.807) is 19.1 Å². The number of benzene rings is 2. The number of esters is 2. The summed E-state index contributed by atoms with van der Waals surface area (Å²) in [5, 5.41) is 0. The van der Waals surface area contributed by atoms with Gasteiger partial charge in [-0.25, -0.2) is 4.79 Å². The van der Waals surface area contributed by atoms with Crippen LogP contribution in [-0.4, -0.2) is 42.6 Å². The second kappa shape index (κ2) is 12.4. The quantitative estimate of drug-likeness (QED) is 0.256. The molecule has 0 aliphatic rings. The highest BCUT2D eigenvalue weighted by molar-refractivity contribution is 5.89. The average Bonchev–Trinajstić information content (AvgIpc) is 2.77. The standard InChI is InChI=1S/C28H37NO4/c1-19(2)28(31)33-26-14-13-22(18-27(30)32-7)17-25(26)24(23-11-9-8-10-12-23)15-16-29(20(3)4)21(5)6/h8-14,17,20-21,24H,1,15-16,18H2,2-7H3/t24-/m1/s1. The summed E-state index contributed by atoms with van der Waals surface area (Å²) in [6, 6.07) is 16.6. The summed E-state index contributed by atoms with van der Waals surface area (Å²) in [5.74, 6) is -0.299. The molecule has 2 aromatic carbocycles. The van der Waals surface area contributed by atoms with Crippen LogP contribution < -0.4 is 4.74 Å². The zero-order valence-electron chi connectivity index (χ0n) is 20.8. The Hall–Kier alpha value is -2.92. The van der Waals surface area contributed by atoms with Gasteiger partial charge in [-0.3, -0.25) is 9.69 Å². The van der Waals surface area contributed by atoms with Gasteiger partial charge in [-0.15, -0.1) is 0 Å². The Kier molecular flexibility index (Phi) is 9.86. The molecule has 0 unspecified atom stereocenters. The third-order valence-corrected chi connectivity index (χ3v) is 5.78. The van der Waals surface area contributed by atoms with Crippen LogP contribution in [0.5, 0.6) is 5.75 Å². The molecule has 0 radical (unpaired) electrons. The largest absolute Gasteiger partial charge is 0.469 e. The summed E-state index contributed by atoms with van der Waals surface area (Å²) in [4.78, 5) is 26.7. The van der Waals surface area contributed by atoms with E-state index in [2.05, 4.69) is 51.3 Å². The van der Waals surface area contributed by atoms with Gasteiger partial charge in [0, 0.05) is 29.1 Å². The van der Waals surface area contributed by atoms with Crippen LogP contribution in [0.4, 0.5) is 0 Å². The lowest BCUT2D eigenvalue weighted by atomic mass is 9.86. The first-order valence-corrected chi connectivity index (χ1v) is 11.5. The first kappa shape index (κ1) is 26.3. The second-order valence-corrected chi connectivity index (χ2v) is 8.97. The number of nitrogens with zero attached hydrogens (tertiary/aromatic N) is 1. The third kappa shape index (κ3) is 7.57. The van der Waals surface area contributed by atoms with E-state index >= 15 is 0 Å². The minimum Gasteiger partial charge on any atom is -0.469 e. The highest BCUT2D eigenvalue weighted by Gasteiger charge is 2.24. The maximum Gasteiger partial charge on any atom is 0.338 e. The van der Waals surface area contributed by atoms with Crippen LogP contribution in [0.3, 0.4) is 0 Å². The van der Waals surface area contributed by atoms with E-state index in [1.807, 2.05) is 24.3 Å². The van der Waals surface area contributed by atoms with Crippen molar-refractivity contribution in [3.05, 3.63) is 77.4 Å². The van der Waals surface area contributed by atoms with Gasteiger partial charge in [0.1, 0.15) is 5.75 Å². The molecule has 0 fully saturated rings. The monoisotopic (exact) mass is 451 g/mol. The number of hydrogen-bond donors (Lipinski definition) is 0. The predicted molar refractivity (Wildman–Crippen MR) is 132 cm³/mol. The number of carbonyl (C=O) groups excluding carboxylic acids is 2. The van der Waals surface area contributed by atoms with E-state index in [4.69, 9.17) is 9.47 Å². The zero-order valence-corrected chi connectivity index (χ0v) is 20.8. The van der Waals surface area contributed by atoms with Crippen LogP contribution in [-0.2, 0) is 20.7 Å². The molecule has 0 spiro atoms. The minimum absolute atomic E-state index is 0.0169. The van der Waals surface area contributed by atoms with Crippen molar-refractivity contribution in [2.45, 2.75) is 65.5 Å². The van der Waals surface area contributed by atoms with Gasteiger partial charge in [0.05, 0.1) is 13.5 Å². The summed E-state index contributed by atoms with van der Waals surface area (Å²) >= 11 is 0. The summed E-state index contributed by atoms with van der Waals surface area (Å²) in [6.07, 6.45) is 0.990. The average molecular weight is 452 g/mol. The van der Waals surface area contributed by atoms with Crippen molar-refractivity contribution in [3.8, 4) is 5.75 Å². The van der Waals surface area contributed by atoms with Gasteiger partial charge >= 0.3 is 11.9 Å². The van der Waals surface area contributed by atoms with Gasteiger partial charge in [-0.05, 0) is 64.8 Å². The summed E-state index contributed by atoms with van der Waals surface area (Å²) in [5.41, 5.74) is 3.16. The normalized spacial score (nSPS) is 12.2. The van der Waals surface area contributed by atoms with E-state index in [-0.39, 0.29) is 18.3 Å². The molecule has 1 atom stereocenters. The van der Waals surface area contributed by atoms with Gasteiger partial charge < -0.3 is 9.47 Å². The fourth-order valence-electron chi connectivity index (χ4n) is 4.08. The highest BCUT2D eigenvalue weighted by atomic mass is 16.5. The lowest BCUT2D eigenvalue weighted by Gasteiger charge is -2.32. The molecule has 0 amide bonds. The molecular weight excluding hydrogens is 414 g/mol. The molecule has 33 heavy (non-hydrogen) atoms. The molecular formula is C28H37NO4. The number of rotatable bonds is 11. The predicted octanol–water partition coefficient (Wildman–Crippen LogP) is 5.52. The van der Waals surface area contributed by atoms with Crippen LogP contribution in [0.2, 0.25) is 0 Å². The van der Waals surface area contributed by atoms with Gasteiger partial charge in [-0.1, -0.05) is 49.0 Å². The fourth-order valence-corrected chi connectivity index (χ4v) is 4.08. The van der Waals surface area contributed by atoms with Crippen molar-refractivity contribution < 1.29 is 19.1 Å². The lowest BCUT2D eigenvalue weighted by Crippen LogP contribution is -2.38. The SMILES string of the molecule is C=C(C)C(=O)Oc1ccc(CC(=O)OC)cc1[C@H](CCN(C(C)C)C(C)C)c1ccccc1. The van der Waals surface area contributed by atoms with Crippen LogP contribution in [0.25, 0.3) is 0 Å². The number of hydrogen-bond acceptors (Lipinski definition) is 5. The fraction of sp³-hybridized carbons (Fsp3) is 0.429. The molecule has 0 aliphatic heterocycles. The molecule has 5 nitrogen and oxygen atoms in total. The topological polar surface area (TPSA) is 55.8 Å². The van der Waals surface area contributed by atoms with E-state index in [9.17, 15) is 9.59 Å². The second-order valence-electron chi connectivity index (χ2n) is 8.97. The molecule has 0 saturated heterocycles. The summed E-state index contributed by atoms with van der Waals surface area (Å²) in [6.45, 7) is 15.0. The molecule has 0 aromatic heterocycles. The van der Waals surface area contributed by atoms with Crippen molar-refractivity contribution in [1.82, 2.24) is 4.90 Å². The van der Waals surface area contributed by atoms with Crippen molar-refractivity contribution >= 4 is 11.9 Å². The highest BCUT2D eigenvalue weighted by Crippen LogP contribution is 2.36. The first-order valence-electron chi connectivity index (χ1n) is 11.5. The van der Waals surface area contributed by atoms with Gasteiger partial charge in [0.15, 0.2) is 0 Å². The van der Waals surface area contributed by atoms with E-state index in [1.165, 1.54) is 7.11 Å². The van der Waals surface area contributed by atoms with Gasteiger partial charge in [-0.2, -0.15) is 0 Å². The third-order valence-electron chi connectivity index (χ3n) is 5.78. The number of methoxy groups -OCH3 is 1. The maximum absolute atomic E-state index is 12.4. The Bertz CT molecular complexity index is 942. The summed E-state index contributed by atoms with van der Waals surface area (Å²) in [7, 11) is 1.38. The van der Waals surface area contributed by atoms with Crippen LogP contribution in [0, 0.1) is 0 Å². The van der Waals surface area contributed by atoms with Crippen LogP contribution in [0.1, 0.15) is 63.6 Å². The van der Waals surface area contributed by atoms with Crippen molar-refractivity contribution in [3.63, 3.8) is 0 Å². The Morgan fingerprint density at radius 1 is 1.00 bits per heavy atom. The molecule has 0 aliphatic carbocycles. The van der Waals surface area contributed by atoms with E-state index in [0.717, 1.165) is 29.7 Å². The van der Waals surface area contributed by atoms with E-state index < -0.39 is 5.97 Å². The lowest BCUT2D eigenvalue weighted by molar-refractivity contribution is -0.139. The smallest absolute Gasteiger partial charge is 0.338 e. The molecule has 0 heterocycles. The van der Waals surface area contributed by atoms with Gasteiger partial charge in [0.2, 0.25) is 0 Å². The Balaban J connectivity index is 2.54. The molecule has 5 heteroatoms. The molecule has 2 aromatic rings. The number of ether oxygens (including phenoxy) is 2. The Morgan fingerprint density at radius 3 is 2.18 bits per heavy atom. The van der Waals surface area contributed by atoms with Crippen LogP contribution >= 0.6 is 0 Å².